The Kier molecular flexibility index (Phi) is 2.64. The van der Waals surface area contributed by atoms with E-state index >= 15 is 0 Å². The first kappa shape index (κ1) is 8.70. The van der Waals surface area contributed by atoms with Crippen molar-refractivity contribution >= 4 is 24.6 Å². The van der Waals surface area contributed by atoms with Gasteiger partial charge in [0.1, 0.15) is 0 Å². The Hall–Kier alpha value is -0.391. The van der Waals surface area contributed by atoms with E-state index in [0.29, 0.717) is 5.95 Å². The van der Waals surface area contributed by atoms with Gasteiger partial charge in [0.2, 0.25) is 0 Å². The van der Waals surface area contributed by atoms with Gasteiger partial charge in [-0.3, -0.25) is 0 Å². The van der Waals surface area contributed by atoms with Gasteiger partial charge >= 0.3 is 70.6 Å². The average molecular weight is 259 g/mol. The molecule has 0 radical (unpaired) electrons. The molecule has 0 aromatic carbocycles. The Balaban J connectivity index is 2.66. The molecule has 0 fully saturated rings. The van der Waals surface area contributed by atoms with E-state index in [1.54, 1.807) is 0 Å². The summed E-state index contributed by atoms with van der Waals surface area (Å²) in [6.45, 7) is 0. The quantitative estimate of drug-likeness (QED) is 0.808. The summed E-state index contributed by atoms with van der Waals surface area (Å²) < 4.78 is 3.33. The molecule has 0 unspecified atom stereocenters. The second-order valence-electron chi connectivity index (χ2n) is 3.34. The molecule has 0 saturated heterocycles. The molecule has 11 heavy (non-hydrogen) atoms. The van der Waals surface area contributed by atoms with Crippen LogP contribution in [0.3, 0.4) is 0 Å². The van der Waals surface area contributed by atoms with Gasteiger partial charge in [0.25, 0.3) is 0 Å². The van der Waals surface area contributed by atoms with E-state index in [4.69, 9.17) is 0 Å². The monoisotopic (exact) mass is 260 g/mol. The number of hydrogen-bond acceptors (Lipinski definition) is 4. The van der Waals surface area contributed by atoms with E-state index in [-0.39, 0.29) is 0 Å². The number of aromatic nitrogens is 3. The van der Waals surface area contributed by atoms with Gasteiger partial charge in [-0.2, -0.15) is 0 Å². The molecule has 0 aliphatic heterocycles. The summed E-state index contributed by atoms with van der Waals surface area (Å²) in [7, 11) is 0. The summed E-state index contributed by atoms with van der Waals surface area (Å²) in [6.07, 6.45) is 3.01. The predicted octanol–water partition coefficient (Wildman–Crippen LogP) is 1.12. The van der Waals surface area contributed by atoms with E-state index in [1.165, 1.54) is 12.7 Å². The Bertz CT molecular complexity index is 218. The number of hydrogen-bond donors (Lipinski definition) is 1. The molecule has 0 aliphatic carbocycles. The predicted molar refractivity (Wildman–Crippen MR) is 46.8 cm³/mol. The Morgan fingerprint density at radius 2 is 1.73 bits per heavy atom. The minimum absolute atomic E-state index is 0.711. The van der Waals surface area contributed by atoms with Crippen LogP contribution >= 0.6 is 0 Å². The van der Waals surface area contributed by atoms with Gasteiger partial charge < -0.3 is 0 Å². The SMILES string of the molecule is [CH3][Sn]([CH3])([CH3])[NH]c1ncncn1. The van der Waals surface area contributed by atoms with Crippen LogP contribution in [0.25, 0.3) is 0 Å². The fourth-order valence-corrected chi connectivity index (χ4v) is 2.92. The summed E-state index contributed by atoms with van der Waals surface area (Å²) in [6, 6.07) is 0. The van der Waals surface area contributed by atoms with Crippen molar-refractivity contribution < 1.29 is 0 Å². The maximum atomic E-state index is 3.98. The van der Waals surface area contributed by atoms with Crippen LogP contribution in [0.4, 0.5) is 5.95 Å². The van der Waals surface area contributed by atoms with Gasteiger partial charge in [-0.25, -0.2) is 0 Å². The maximum absolute atomic E-state index is 3.98. The molecule has 0 aliphatic rings. The zero-order valence-corrected chi connectivity index (χ0v) is 9.85. The van der Waals surface area contributed by atoms with Crippen molar-refractivity contribution in [3.05, 3.63) is 12.7 Å². The second-order valence-corrected chi connectivity index (χ2v) is 16.9. The van der Waals surface area contributed by atoms with Crippen molar-refractivity contribution in [3.63, 3.8) is 0 Å². The third kappa shape index (κ3) is 3.50. The van der Waals surface area contributed by atoms with Crippen molar-refractivity contribution in [3.8, 4) is 0 Å². The van der Waals surface area contributed by atoms with Crippen LogP contribution in [-0.4, -0.2) is 33.6 Å². The summed E-state index contributed by atoms with van der Waals surface area (Å²) in [4.78, 5) is 18.5. The molecule has 1 heterocycles. The topological polar surface area (TPSA) is 50.7 Å². The summed E-state index contributed by atoms with van der Waals surface area (Å²) in [5.41, 5.74) is 0. The van der Waals surface area contributed by atoms with E-state index < -0.39 is 18.7 Å². The summed E-state index contributed by atoms with van der Waals surface area (Å²) in [5, 5.41) is 0. The van der Waals surface area contributed by atoms with Crippen LogP contribution in [0, 0.1) is 0 Å². The molecule has 5 heteroatoms. The van der Waals surface area contributed by atoms with Gasteiger partial charge in [-0.05, 0) is 0 Å². The zero-order chi connectivity index (χ0) is 8.32. The average Bonchev–Trinajstić information content (AvgIpc) is 1.85. The second kappa shape index (κ2) is 3.34. The molecule has 0 saturated carbocycles. The van der Waals surface area contributed by atoms with Crippen molar-refractivity contribution in [1.82, 2.24) is 15.0 Å². The Labute approximate surface area is 70.7 Å². The van der Waals surface area contributed by atoms with E-state index in [0.717, 1.165) is 0 Å². The number of anilines is 1. The third-order valence-corrected chi connectivity index (χ3v) is 3.76. The van der Waals surface area contributed by atoms with Crippen molar-refractivity contribution in [2.24, 2.45) is 0 Å². The van der Waals surface area contributed by atoms with Gasteiger partial charge in [0.15, 0.2) is 0 Å². The van der Waals surface area contributed by atoms with Crippen LogP contribution in [-0.2, 0) is 0 Å². The molecule has 60 valence electrons. The van der Waals surface area contributed by atoms with Crippen LogP contribution in [0.1, 0.15) is 0 Å². The standard InChI is InChI=1S/C3H3N4.3CH3.Sn/c4-3-6-1-5-2-7-3;;;;/h1-2H,(H-,4,5,6,7);3*1H3;/q-1;;;;+1. The number of nitrogens with one attached hydrogen (secondary N) is 1. The Morgan fingerprint density at radius 1 is 1.18 bits per heavy atom. The molecule has 1 aromatic rings. The zero-order valence-electron chi connectivity index (χ0n) is 7.00. The molecular weight excluding hydrogens is 247 g/mol. The van der Waals surface area contributed by atoms with Crippen LogP contribution in [0.15, 0.2) is 12.7 Å². The molecule has 1 aromatic heterocycles. The molecule has 4 nitrogen and oxygen atoms in total. The molecule has 1 N–H and O–H groups in total. The first-order valence-corrected chi connectivity index (χ1v) is 13.5. The molecular formula is C6H12N4Sn. The van der Waals surface area contributed by atoms with Gasteiger partial charge in [-0.15, -0.1) is 0 Å². The molecule has 0 spiro atoms. The van der Waals surface area contributed by atoms with Gasteiger partial charge in [0.05, 0.1) is 0 Å². The first-order valence-electron chi connectivity index (χ1n) is 3.48. The van der Waals surface area contributed by atoms with Crippen molar-refractivity contribution in [2.75, 3.05) is 3.54 Å². The van der Waals surface area contributed by atoms with Crippen LogP contribution in [0.2, 0.25) is 14.8 Å². The van der Waals surface area contributed by atoms with Gasteiger partial charge in [0, 0.05) is 0 Å². The van der Waals surface area contributed by atoms with Crippen molar-refractivity contribution in [2.45, 2.75) is 14.8 Å². The fourth-order valence-electron chi connectivity index (χ4n) is 0.639. The van der Waals surface area contributed by atoms with Crippen LogP contribution < -0.4 is 3.54 Å². The Morgan fingerprint density at radius 3 is 2.18 bits per heavy atom. The number of nitrogens with zero attached hydrogens (tertiary/aromatic N) is 3. The van der Waals surface area contributed by atoms with E-state index in [1.807, 2.05) is 0 Å². The van der Waals surface area contributed by atoms with E-state index in [2.05, 4.69) is 33.3 Å². The third-order valence-electron chi connectivity index (χ3n) is 0.980. The van der Waals surface area contributed by atoms with Crippen LogP contribution in [0.5, 0.6) is 0 Å². The minimum atomic E-state index is -1.97. The van der Waals surface area contributed by atoms with E-state index in [9.17, 15) is 0 Å². The summed E-state index contributed by atoms with van der Waals surface area (Å²) >= 11 is -1.97. The number of rotatable bonds is 2. The van der Waals surface area contributed by atoms with Crippen molar-refractivity contribution in [1.29, 1.82) is 0 Å². The fraction of sp³-hybridized carbons (Fsp3) is 0.500. The molecule has 0 bridgehead atoms. The molecule has 0 amide bonds. The van der Waals surface area contributed by atoms with Gasteiger partial charge in [-0.1, -0.05) is 0 Å². The molecule has 1 rings (SSSR count). The molecule has 0 atom stereocenters. The first-order chi connectivity index (χ1) is 5.08. The summed E-state index contributed by atoms with van der Waals surface area (Å²) in [5.74, 6) is 0.711. The normalized spacial score (nSPS) is 11.2.